The number of ether oxygens (including phenoxy) is 1. The lowest BCUT2D eigenvalue weighted by Crippen LogP contribution is -2.39. The van der Waals surface area contributed by atoms with E-state index in [2.05, 4.69) is 0 Å². The van der Waals surface area contributed by atoms with Crippen molar-refractivity contribution in [2.24, 2.45) is 7.05 Å². The van der Waals surface area contributed by atoms with Crippen LogP contribution in [0.5, 0.6) is 5.75 Å². The van der Waals surface area contributed by atoms with Crippen LogP contribution in [-0.2, 0) is 13.6 Å². The van der Waals surface area contributed by atoms with Gasteiger partial charge in [-0.05, 0) is 48.4 Å². The van der Waals surface area contributed by atoms with Gasteiger partial charge in [-0.3, -0.25) is 9.36 Å². The predicted octanol–water partition coefficient (Wildman–Crippen LogP) is 4.01. The van der Waals surface area contributed by atoms with Gasteiger partial charge in [-0.25, -0.2) is 9.36 Å². The van der Waals surface area contributed by atoms with Crippen molar-refractivity contribution < 1.29 is 4.74 Å². The predicted molar refractivity (Wildman–Crippen MR) is 127 cm³/mol. The maximum atomic E-state index is 13.8. The smallest absolute Gasteiger partial charge is 0.336 e. The van der Waals surface area contributed by atoms with E-state index in [4.69, 9.17) is 4.74 Å². The number of fused-ring (bicyclic) bond motifs is 3. The van der Waals surface area contributed by atoms with Gasteiger partial charge in [0.15, 0.2) is 0 Å². The van der Waals surface area contributed by atoms with Crippen molar-refractivity contribution in [2.75, 3.05) is 7.11 Å². The van der Waals surface area contributed by atoms with Gasteiger partial charge in [-0.1, -0.05) is 42.5 Å². The van der Waals surface area contributed by atoms with E-state index in [0.717, 1.165) is 22.0 Å². The van der Waals surface area contributed by atoms with Crippen LogP contribution in [0.3, 0.4) is 0 Å². The molecule has 5 aromatic rings. The molecule has 0 unspecified atom stereocenters. The zero-order valence-corrected chi connectivity index (χ0v) is 18.2. The molecule has 0 atom stereocenters. The van der Waals surface area contributed by atoms with Crippen LogP contribution in [-0.4, -0.2) is 20.8 Å². The molecule has 0 aliphatic heterocycles. The monoisotopic (exact) mass is 425 g/mol. The van der Waals surface area contributed by atoms with Crippen LogP contribution in [0, 0.1) is 6.92 Å². The Morgan fingerprint density at radius 1 is 0.875 bits per heavy atom. The van der Waals surface area contributed by atoms with Crippen molar-refractivity contribution in [1.82, 2.24) is 13.7 Å². The number of aryl methyl sites for hydroxylation is 2. The molecule has 0 radical (unpaired) electrons. The molecule has 0 saturated heterocycles. The third kappa shape index (κ3) is 3.03. The summed E-state index contributed by atoms with van der Waals surface area (Å²) < 4.78 is 10.2. The van der Waals surface area contributed by atoms with Crippen LogP contribution < -0.4 is 16.0 Å². The SMILES string of the molecule is COc1ccc2c(c1)c1c(c(=O)n(-c3cccc(C)c3)c(=O)n1Cc1ccccc1)n2C. The van der Waals surface area contributed by atoms with Crippen molar-refractivity contribution >= 4 is 21.9 Å². The Labute approximate surface area is 184 Å². The first-order valence-corrected chi connectivity index (χ1v) is 10.4. The van der Waals surface area contributed by atoms with Crippen LogP contribution in [0.15, 0.2) is 82.4 Å². The van der Waals surface area contributed by atoms with Gasteiger partial charge >= 0.3 is 5.69 Å². The maximum absolute atomic E-state index is 13.8. The molecular formula is C26H23N3O3. The molecule has 0 amide bonds. The van der Waals surface area contributed by atoms with Gasteiger partial charge in [0.1, 0.15) is 11.3 Å². The highest BCUT2D eigenvalue weighted by atomic mass is 16.5. The quantitative estimate of drug-likeness (QED) is 0.437. The highest BCUT2D eigenvalue weighted by Crippen LogP contribution is 2.29. The van der Waals surface area contributed by atoms with Crippen molar-refractivity contribution in [3.63, 3.8) is 0 Å². The fourth-order valence-corrected chi connectivity index (χ4v) is 4.37. The number of methoxy groups -OCH3 is 1. The van der Waals surface area contributed by atoms with E-state index < -0.39 is 0 Å². The molecule has 0 aliphatic rings. The van der Waals surface area contributed by atoms with Crippen LogP contribution >= 0.6 is 0 Å². The van der Waals surface area contributed by atoms with Gasteiger partial charge in [0.05, 0.1) is 30.4 Å². The number of benzene rings is 3. The molecule has 6 nitrogen and oxygen atoms in total. The van der Waals surface area contributed by atoms with E-state index in [1.807, 2.05) is 85.3 Å². The van der Waals surface area contributed by atoms with Gasteiger partial charge in [-0.2, -0.15) is 0 Å². The molecule has 0 bridgehead atoms. The Morgan fingerprint density at radius 2 is 1.66 bits per heavy atom. The number of nitrogens with zero attached hydrogens (tertiary/aromatic N) is 3. The number of hydrogen-bond acceptors (Lipinski definition) is 3. The average molecular weight is 425 g/mol. The fraction of sp³-hybridized carbons (Fsp3) is 0.154. The van der Waals surface area contributed by atoms with Gasteiger partial charge < -0.3 is 9.30 Å². The second-order valence-electron chi connectivity index (χ2n) is 7.97. The van der Waals surface area contributed by atoms with E-state index in [9.17, 15) is 9.59 Å². The lowest BCUT2D eigenvalue weighted by Gasteiger charge is -2.14. The molecule has 5 rings (SSSR count). The summed E-state index contributed by atoms with van der Waals surface area (Å²) in [5.74, 6) is 0.673. The highest BCUT2D eigenvalue weighted by Gasteiger charge is 2.21. The molecule has 2 aromatic heterocycles. The summed E-state index contributed by atoms with van der Waals surface area (Å²) in [5, 5.41) is 0.809. The Kier molecular flexibility index (Phi) is 4.70. The molecule has 0 saturated carbocycles. The first-order chi connectivity index (χ1) is 15.5. The normalized spacial score (nSPS) is 11.3. The van der Waals surface area contributed by atoms with Gasteiger partial charge in [0, 0.05) is 12.4 Å². The lowest BCUT2D eigenvalue weighted by atomic mass is 10.2. The topological polar surface area (TPSA) is 58.2 Å². The molecule has 0 fully saturated rings. The van der Waals surface area contributed by atoms with Crippen LogP contribution in [0.2, 0.25) is 0 Å². The van der Waals surface area contributed by atoms with Crippen molar-refractivity contribution in [2.45, 2.75) is 13.5 Å². The molecule has 32 heavy (non-hydrogen) atoms. The van der Waals surface area contributed by atoms with E-state index >= 15 is 0 Å². The standard InChI is InChI=1S/C26H23N3O3/c1-17-8-7-11-19(14-17)29-25(30)24-23(21-15-20(32-3)12-13-22(21)27(24)2)28(26(29)31)16-18-9-5-4-6-10-18/h4-15H,16H2,1-3H3. The summed E-state index contributed by atoms with van der Waals surface area (Å²) in [5.41, 5.74) is 3.77. The summed E-state index contributed by atoms with van der Waals surface area (Å²) in [7, 11) is 3.46. The van der Waals surface area contributed by atoms with E-state index in [0.29, 0.717) is 29.0 Å². The Bertz CT molecular complexity index is 1590. The number of rotatable bonds is 4. The summed E-state index contributed by atoms with van der Waals surface area (Å²) >= 11 is 0. The zero-order chi connectivity index (χ0) is 22.4. The third-order valence-corrected chi connectivity index (χ3v) is 5.92. The number of aromatic nitrogens is 3. The van der Waals surface area contributed by atoms with Crippen LogP contribution in [0.4, 0.5) is 0 Å². The molecular weight excluding hydrogens is 402 g/mol. The number of hydrogen-bond donors (Lipinski definition) is 0. The zero-order valence-electron chi connectivity index (χ0n) is 18.2. The minimum absolute atomic E-state index is 0.336. The van der Waals surface area contributed by atoms with E-state index in [1.54, 1.807) is 17.7 Å². The van der Waals surface area contributed by atoms with Crippen molar-refractivity contribution in [3.05, 3.63) is 105 Å². The van der Waals surface area contributed by atoms with Crippen LogP contribution in [0.25, 0.3) is 27.6 Å². The highest BCUT2D eigenvalue weighted by molar-refractivity contribution is 6.06. The molecule has 3 aromatic carbocycles. The largest absolute Gasteiger partial charge is 0.497 e. The third-order valence-electron chi connectivity index (χ3n) is 5.92. The first kappa shape index (κ1) is 19.9. The minimum atomic E-state index is -0.368. The molecule has 0 aliphatic carbocycles. The van der Waals surface area contributed by atoms with Crippen LogP contribution in [0.1, 0.15) is 11.1 Å². The molecule has 0 N–H and O–H groups in total. The second kappa shape index (κ2) is 7.57. The van der Waals surface area contributed by atoms with E-state index in [1.165, 1.54) is 4.57 Å². The Balaban J connectivity index is 1.96. The second-order valence-corrected chi connectivity index (χ2v) is 7.97. The molecule has 6 heteroatoms. The van der Waals surface area contributed by atoms with Gasteiger partial charge in [-0.15, -0.1) is 0 Å². The lowest BCUT2D eigenvalue weighted by molar-refractivity contribution is 0.415. The summed E-state index contributed by atoms with van der Waals surface area (Å²) in [6.07, 6.45) is 0. The molecule has 0 spiro atoms. The van der Waals surface area contributed by atoms with Crippen molar-refractivity contribution in [1.29, 1.82) is 0 Å². The summed E-state index contributed by atoms with van der Waals surface area (Å²) in [6.45, 7) is 2.29. The summed E-state index contributed by atoms with van der Waals surface area (Å²) in [4.78, 5) is 27.5. The Hall–Kier alpha value is -4.06. The molecule has 2 heterocycles. The van der Waals surface area contributed by atoms with Crippen molar-refractivity contribution in [3.8, 4) is 11.4 Å². The van der Waals surface area contributed by atoms with Gasteiger partial charge in [0.2, 0.25) is 0 Å². The fourth-order valence-electron chi connectivity index (χ4n) is 4.37. The van der Waals surface area contributed by atoms with Gasteiger partial charge in [0.25, 0.3) is 5.56 Å². The summed E-state index contributed by atoms with van der Waals surface area (Å²) in [6, 6.07) is 22.9. The first-order valence-electron chi connectivity index (χ1n) is 10.4. The van der Waals surface area contributed by atoms with E-state index in [-0.39, 0.29) is 11.2 Å². The molecule has 160 valence electrons. The minimum Gasteiger partial charge on any atom is -0.497 e. The maximum Gasteiger partial charge on any atom is 0.336 e. The average Bonchev–Trinajstić information content (AvgIpc) is 3.09. The Morgan fingerprint density at radius 3 is 2.38 bits per heavy atom.